The van der Waals surface area contributed by atoms with Crippen molar-refractivity contribution in [3.63, 3.8) is 0 Å². The molecule has 3 amide bonds. The third-order valence-electron chi connectivity index (χ3n) is 7.03. The first-order valence-electron chi connectivity index (χ1n) is 18.3. The average molecular weight is 793 g/mol. The zero-order valence-electron chi connectivity index (χ0n) is 34.5. The molecule has 55 heavy (non-hydrogen) atoms. The van der Waals surface area contributed by atoms with Crippen LogP contribution in [0.2, 0.25) is 0 Å². The molecule has 2 rings (SSSR count). The summed E-state index contributed by atoms with van der Waals surface area (Å²) in [5, 5.41) is 5.87. The monoisotopic (exact) mass is 792 g/mol. The molecule has 0 aliphatic carbocycles. The Morgan fingerprint density at radius 1 is 0.764 bits per heavy atom. The van der Waals surface area contributed by atoms with Gasteiger partial charge in [0.05, 0.1) is 22.6 Å². The molecule has 0 saturated carbocycles. The largest absolute Gasteiger partial charge is 0.478 e. The van der Waals surface area contributed by atoms with Crippen LogP contribution in [0.15, 0.2) is 42.5 Å². The zero-order chi connectivity index (χ0) is 41.6. The lowest BCUT2D eigenvalue weighted by molar-refractivity contribution is -0.167. The summed E-state index contributed by atoms with van der Waals surface area (Å²) in [5.41, 5.74) is 2.22. The van der Waals surface area contributed by atoms with Gasteiger partial charge in [-0.25, -0.2) is 18.7 Å². The number of urea groups is 1. The third-order valence-corrected chi connectivity index (χ3v) is 8.99. The molecule has 0 unspecified atom stereocenters. The van der Waals surface area contributed by atoms with Crippen molar-refractivity contribution in [3.8, 4) is 0 Å². The first-order valence-corrected chi connectivity index (χ1v) is 19.8. The normalized spacial score (nSPS) is 12.0. The highest BCUT2D eigenvalue weighted by Crippen LogP contribution is 2.55. The molecule has 0 atom stereocenters. The predicted molar refractivity (Wildman–Crippen MR) is 212 cm³/mol. The van der Waals surface area contributed by atoms with Crippen molar-refractivity contribution in [2.75, 3.05) is 55.8 Å². The maximum atomic E-state index is 13.1. The number of nitrogens with one attached hydrogen (secondary N) is 2. The zero-order valence-corrected chi connectivity index (χ0v) is 35.4. The number of amides is 3. The van der Waals surface area contributed by atoms with E-state index in [2.05, 4.69) is 43.2 Å². The first kappa shape index (κ1) is 47.0. The number of phosphoric acid groups is 1. The molecule has 2 aromatic carbocycles. The standard InChI is InChI=1S/C39H61N4O11P/c1-27(2)22-43(23-28(3)4)33-19-15-30(21-32(33)41-36(46)40-31-17-13-29(5)14-18-31)16-20-34(44)49-25-50-35(45)24-42(12)37(47)51-26-52-55(48,53-38(6,7)8)54-39(9,10)11/h13-15,17-19,21,27-28H,16,20,22-26H2,1-12H3,(H2,40,41,46). The molecule has 0 radical (unpaired) electrons. The van der Waals surface area contributed by atoms with Crippen molar-refractivity contribution in [1.29, 1.82) is 0 Å². The van der Waals surface area contributed by atoms with E-state index < -0.39 is 63.2 Å². The van der Waals surface area contributed by atoms with Gasteiger partial charge in [0.25, 0.3) is 0 Å². The van der Waals surface area contributed by atoms with E-state index in [1.807, 2.05) is 49.4 Å². The lowest BCUT2D eigenvalue weighted by atomic mass is 10.1. The maximum absolute atomic E-state index is 13.1. The highest BCUT2D eigenvalue weighted by atomic mass is 31.2. The van der Waals surface area contributed by atoms with Crippen LogP contribution in [0.4, 0.5) is 26.7 Å². The number of aryl methyl sites for hydroxylation is 2. The molecule has 16 heteroatoms. The van der Waals surface area contributed by atoms with Crippen molar-refractivity contribution in [3.05, 3.63) is 53.6 Å². The summed E-state index contributed by atoms with van der Waals surface area (Å²) in [6, 6.07) is 12.8. The number of nitrogens with zero attached hydrogens (tertiary/aromatic N) is 2. The van der Waals surface area contributed by atoms with E-state index >= 15 is 0 Å². The van der Waals surface area contributed by atoms with E-state index in [-0.39, 0.29) is 6.42 Å². The number of carbonyl (C=O) groups excluding carboxylic acids is 4. The second kappa shape index (κ2) is 21.2. The summed E-state index contributed by atoms with van der Waals surface area (Å²) in [7, 11) is -2.85. The Hall–Kier alpha value is -4.17. The fourth-order valence-corrected chi connectivity index (χ4v) is 6.63. The Kier molecular flexibility index (Phi) is 18.1. The smallest absolute Gasteiger partial charge is 0.428 e. The summed E-state index contributed by atoms with van der Waals surface area (Å²) in [6.45, 7) is 20.1. The van der Waals surface area contributed by atoms with Gasteiger partial charge in [-0.05, 0) is 96.6 Å². The van der Waals surface area contributed by atoms with Crippen LogP contribution in [-0.2, 0) is 48.4 Å². The Morgan fingerprint density at radius 2 is 1.33 bits per heavy atom. The van der Waals surface area contributed by atoms with Crippen LogP contribution >= 0.6 is 7.82 Å². The highest BCUT2D eigenvalue weighted by Gasteiger charge is 2.37. The van der Waals surface area contributed by atoms with E-state index in [1.165, 1.54) is 7.05 Å². The van der Waals surface area contributed by atoms with Crippen molar-refractivity contribution >= 4 is 48.9 Å². The quantitative estimate of drug-likeness (QED) is 0.0791. The summed E-state index contributed by atoms with van der Waals surface area (Å²) in [4.78, 5) is 53.5. The van der Waals surface area contributed by atoms with Gasteiger partial charge in [-0.1, -0.05) is 51.5 Å². The number of esters is 2. The van der Waals surface area contributed by atoms with Crippen LogP contribution in [0.3, 0.4) is 0 Å². The van der Waals surface area contributed by atoms with Crippen molar-refractivity contribution in [1.82, 2.24) is 4.90 Å². The molecule has 15 nitrogen and oxygen atoms in total. The van der Waals surface area contributed by atoms with Gasteiger partial charge >= 0.3 is 31.9 Å². The molecule has 0 bridgehead atoms. The Morgan fingerprint density at radius 3 is 1.87 bits per heavy atom. The van der Waals surface area contributed by atoms with Crippen molar-refractivity contribution in [2.24, 2.45) is 11.8 Å². The summed E-state index contributed by atoms with van der Waals surface area (Å²) < 4.78 is 44.2. The van der Waals surface area contributed by atoms with Gasteiger partial charge in [0.2, 0.25) is 13.6 Å². The number of likely N-dealkylation sites (N-methyl/N-ethyl adjacent to an activating group) is 1. The van der Waals surface area contributed by atoms with Gasteiger partial charge in [0.1, 0.15) is 6.54 Å². The third kappa shape index (κ3) is 19.3. The highest BCUT2D eigenvalue weighted by molar-refractivity contribution is 7.48. The molecular weight excluding hydrogens is 731 g/mol. The molecular formula is C39H61N4O11P. The number of rotatable bonds is 19. The van der Waals surface area contributed by atoms with Crippen LogP contribution in [0.5, 0.6) is 0 Å². The number of benzene rings is 2. The van der Waals surface area contributed by atoms with Gasteiger partial charge in [-0.2, -0.15) is 0 Å². The molecule has 0 aromatic heterocycles. The minimum atomic E-state index is -4.12. The number of hydrogen-bond acceptors (Lipinski definition) is 12. The van der Waals surface area contributed by atoms with E-state index in [4.69, 9.17) is 27.8 Å². The van der Waals surface area contributed by atoms with Crippen LogP contribution in [0.1, 0.15) is 86.8 Å². The molecule has 2 N–H and O–H groups in total. The van der Waals surface area contributed by atoms with E-state index in [0.29, 0.717) is 29.6 Å². The topological polar surface area (TPSA) is 171 Å². The summed E-state index contributed by atoms with van der Waals surface area (Å²) >= 11 is 0. The number of ether oxygens (including phenoxy) is 3. The number of anilines is 3. The van der Waals surface area contributed by atoms with E-state index in [9.17, 15) is 23.7 Å². The molecule has 0 aliphatic heterocycles. The molecule has 0 heterocycles. The van der Waals surface area contributed by atoms with Crippen LogP contribution in [-0.4, -0.2) is 80.4 Å². The average Bonchev–Trinajstić information content (AvgIpc) is 3.02. The SMILES string of the molecule is Cc1ccc(NC(=O)Nc2cc(CCC(=O)OCOC(=O)CN(C)C(=O)OCOP(=O)(OC(C)(C)C)OC(C)(C)C)ccc2N(CC(C)C)CC(C)C)cc1. The van der Waals surface area contributed by atoms with Crippen molar-refractivity contribution < 1.29 is 51.5 Å². The minimum Gasteiger partial charge on any atom is -0.428 e. The molecule has 0 spiro atoms. The second-order valence-electron chi connectivity index (χ2n) is 16.0. The Labute approximate surface area is 326 Å². The Bertz CT molecular complexity index is 1590. The van der Waals surface area contributed by atoms with Crippen molar-refractivity contribution in [2.45, 2.75) is 100 Å². The van der Waals surface area contributed by atoms with Crippen LogP contribution in [0, 0.1) is 18.8 Å². The second-order valence-corrected chi connectivity index (χ2v) is 17.5. The molecule has 0 fully saturated rings. The summed E-state index contributed by atoms with van der Waals surface area (Å²) in [5.74, 6) is -0.734. The maximum Gasteiger partial charge on any atom is 0.478 e. The number of hydrogen-bond donors (Lipinski definition) is 2. The van der Waals surface area contributed by atoms with Gasteiger partial charge in [0, 0.05) is 32.2 Å². The number of phosphoric ester groups is 1. The lowest BCUT2D eigenvalue weighted by Gasteiger charge is -2.30. The van der Waals surface area contributed by atoms with Crippen LogP contribution in [0.25, 0.3) is 0 Å². The van der Waals surface area contributed by atoms with Gasteiger partial charge in [-0.3, -0.25) is 18.6 Å². The fraction of sp³-hybridized carbons (Fsp3) is 0.590. The van der Waals surface area contributed by atoms with E-state index in [1.54, 1.807) is 41.5 Å². The van der Waals surface area contributed by atoms with Crippen LogP contribution < -0.4 is 15.5 Å². The molecule has 2 aromatic rings. The summed E-state index contributed by atoms with van der Waals surface area (Å²) in [6.07, 6.45) is -0.710. The van der Waals surface area contributed by atoms with E-state index in [0.717, 1.165) is 34.8 Å². The van der Waals surface area contributed by atoms with Gasteiger partial charge in [-0.15, -0.1) is 0 Å². The number of carbonyl (C=O) groups is 4. The lowest BCUT2D eigenvalue weighted by Crippen LogP contribution is -2.34. The predicted octanol–water partition coefficient (Wildman–Crippen LogP) is 8.51. The fourth-order valence-electron chi connectivity index (χ4n) is 4.97. The minimum absolute atomic E-state index is 0.0262. The first-order chi connectivity index (χ1) is 25.4. The van der Waals surface area contributed by atoms with Gasteiger partial charge < -0.3 is 34.6 Å². The molecule has 308 valence electrons. The molecule has 0 saturated heterocycles. The van der Waals surface area contributed by atoms with Gasteiger partial charge in [0.15, 0.2) is 0 Å². The molecule has 0 aliphatic rings. The Balaban J connectivity index is 1.94.